The minimum Gasteiger partial charge on any atom is -0.383 e. The molecule has 0 saturated heterocycles. The van der Waals surface area contributed by atoms with E-state index >= 15 is 0 Å². The maximum atomic E-state index is 5.18. The van der Waals surface area contributed by atoms with Gasteiger partial charge in [0.2, 0.25) is 0 Å². The normalized spacial score (nSPS) is 12.6. The first-order valence-electron chi connectivity index (χ1n) is 7.93. The molecular formula is C18H20N4OS2. The van der Waals surface area contributed by atoms with Gasteiger partial charge in [0.25, 0.3) is 0 Å². The number of rotatable bonds is 5. The van der Waals surface area contributed by atoms with Crippen molar-refractivity contribution in [3.05, 3.63) is 48.0 Å². The lowest BCUT2D eigenvalue weighted by molar-refractivity contribution is 0.204. The zero-order chi connectivity index (χ0) is 17.6. The Morgan fingerprint density at radius 1 is 1.20 bits per heavy atom. The summed E-state index contributed by atoms with van der Waals surface area (Å²) in [6, 6.07) is 14.6. The lowest BCUT2D eigenvalue weighted by atomic mass is 10.1. The quantitative estimate of drug-likeness (QED) is 0.275. The van der Waals surface area contributed by atoms with Gasteiger partial charge in [-0.05, 0) is 49.0 Å². The Morgan fingerprint density at radius 3 is 2.84 bits per heavy atom. The first kappa shape index (κ1) is 17.7. The van der Waals surface area contributed by atoms with E-state index in [9.17, 15) is 0 Å². The zero-order valence-corrected chi connectivity index (χ0v) is 15.8. The number of thiocarbonyl (C=S) groups is 1. The number of hydrogen-bond acceptors (Lipinski definition) is 5. The Bertz CT molecular complexity index is 807. The third kappa shape index (κ3) is 4.50. The van der Waals surface area contributed by atoms with Gasteiger partial charge in [0.1, 0.15) is 0 Å². The summed E-state index contributed by atoms with van der Waals surface area (Å²) in [6.07, 6.45) is 0. The summed E-state index contributed by atoms with van der Waals surface area (Å²) >= 11 is 6.95. The molecule has 2 aromatic carbocycles. The van der Waals surface area contributed by atoms with Gasteiger partial charge in [-0.3, -0.25) is 5.43 Å². The Hall–Kier alpha value is -2.09. The minimum atomic E-state index is 0.483. The number of hydrogen-bond donors (Lipinski definition) is 3. The van der Waals surface area contributed by atoms with E-state index in [1.165, 1.54) is 9.79 Å². The topological polar surface area (TPSA) is 57.7 Å². The number of methoxy groups -OCH3 is 1. The van der Waals surface area contributed by atoms with Crippen molar-refractivity contribution in [1.29, 1.82) is 0 Å². The highest BCUT2D eigenvalue weighted by Gasteiger charge is 2.15. The predicted molar refractivity (Wildman–Crippen MR) is 108 cm³/mol. The van der Waals surface area contributed by atoms with Gasteiger partial charge in [-0.1, -0.05) is 30.0 Å². The van der Waals surface area contributed by atoms with Crippen molar-refractivity contribution < 1.29 is 4.74 Å². The molecule has 0 spiro atoms. The number of hydrazone groups is 1. The summed E-state index contributed by atoms with van der Waals surface area (Å²) in [5, 5.41) is 11.3. The third-order valence-electron chi connectivity index (χ3n) is 3.69. The van der Waals surface area contributed by atoms with Crippen molar-refractivity contribution in [2.24, 2.45) is 5.10 Å². The van der Waals surface area contributed by atoms with E-state index in [2.05, 4.69) is 57.6 Å². The number of anilines is 2. The lowest BCUT2D eigenvalue weighted by Gasteiger charge is -2.21. The maximum Gasteiger partial charge on any atom is 0.187 e. The number of fused-ring (bicyclic) bond motifs is 2. The van der Waals surface area contributed by atoms with Crippen molar-refractivity contribution in [2.75, 3.05) is 25.6 Å². The van der Waals surface area contributed by atoms with Crippen LogP contribution in [0.1, 0.15) is 12.5 Å². The van der Waals surface area contributed by atoms with Gasteiger partial charge in [-0.15, -0.1) is 0 Å². The van der Waals surface area contributed by atoms with E-state index < -0.39 is 0 Å². The van der Waals surface area contributed by atoms with Crippen LogP contribution in [0.5, 0.6) is 0 Å². The first-order valence-corrected chi connectivity index (χ1v) is 9.15. The molecule has 0 amide bonds. The van der Waals surface area contributed by atoms with Gasteiger partial charge in [-0.2, -0.15) is 5.10 Å². The van der Waals surface area contributed by atoms with Crippen molar-refractivity contribution in [3.8, 4) is 0 Å². The van der Waals surface area contributed by atoms with E-state index in [1.807, 2.05) is 13.0 Å². The largest absolute Gasteiger partial charge is 0.383 e. The van der Waals surface area contributed by atoms with Crippen molar-refractivity contribution in [3.63, 3.8) is 0 Å². The van der Waals surface area contributed by atoms with Crippen molar-refractivity contribution in [2.45, 2.75) is 16.7 Å². The molecule has 1 heterocycles. The van der Waals surface area contributed by atoms with E-state index in [-0.39, 0.29) is 0 Å². The molecule has 0 atom stereocenters. The first-order chi connectivity index (χ1) is 12.2. The van der Waals surface area contributed by atoms with Crippen LogP contribution in [0.3, 0.4) is 0 Å². The van der Waals surface area contributed by atoms with Crippen LogP contribution in [-0.2, 0) is 4.74 Å². The predicted octanol–water partition coefficient (Wildman–Crippen LogP) is 3.73. The second-order valence-corrected chi connectivity index (χ2v) is 6.98. The average Bonchev–Trinajstić information content (AvgIpc) is 2.64. The number of para-hydroxylation sites is 1. The van der Waals surface area contributed by atoms with Crippen LogP contribution in [0.4, 0.5) is 11.4 Å². The molecular weight excluding hydrogens is 352 g/mol. The monoisotopic (exact) mass is 372 g/mol. The van der Waals surface area contributed by atoms with Gasteiger partial charge >= 0.3 is 0 Å². The fourth-order valence-corrected chi connectivity index (χ4v) is 3.49. The Morgan fingerprint density at radius 2 is 2.00 bits per heavy atom. The SMILES string of the molecule is COCCNC(=S)N/N=C(\C)c1ccc2c(c1)Nc1ccccc1S2. The number of ether oxygens (including phenoxy) is 1. The maximum absolute atomic E-state index is 5.18. The molecule has 25 heavy (non-hydrogen) atoms. The second kappa shape index (κ2) is 8.33. The van der Waals surface area contributed by atoms with Gasteiger partial charge in [0.15, 0.2) is 5.11 Å². The summed E-state index contributed by atoms with van der Waals surface area (Å²) in [5.74, 6) is 0. The van der Waals surface area contributed by atoms with Crippen LogP contribution in [0.15, 0.2) is 57.4 Å². The van der Waals surface area contributed by atoms with Crippen LogP contribution >= 0.6 is 24.0 Å². The average molecular weight is 373 g/mol. The molecule has 0 radical (unpaired) electrons. The molecule has 1 aliphatic rings. The van der Waals surface area contributed by atoms with Gasteiger partial charge < -0.3 is 15.4 Å². The van der Waals surface area contributed by atoms with E-state index in [0.717, 1.165) is 22.6 Å². The molecule has 3 rings (SSSR count). The van der Waals surface area contributed by atoms with Crippen LogP contribution < -0.4 is 16.1 Å². The summed E-state index contributed by atoms with van der Waals surface area (Å²) in [5.41, 5.74) is 6.99. The number of nitrogens with zero attached hydrogens (tertiary/aromatic N) is 1. The lowest BCUT2D eigenvalue weighted by Crippen LogP contribution is -2.34. The van der Waals surface area contributed by atoms with Crippen LogP contribution in [-0.4, -0.2) is 31.1 Å². The van der Waals surface area contributed by atoms with Crippen molar-refractivity contribution in [1.82, 2.24) is 10.7 Å². The van der Waals surface area contributed by atoms with Crippen LogP contribution in [0.2, 0.25) is 0 Å². The molecule has 5 nitrogen and oxygen atoms in total. The molecule has 0 aromatic heterocycles. The summed E-state index contributed by atoms with van der Waals surface area (Å²) in [7, 11) is 1.65. The highest BCUT2D eigenvalue weighted by molar-refractivity contribution is 7.99. The molecule has 2 aromatic rings. The Labute approximate surface area is 157 Å². The molecule has 7 heteroatoms. The molecule has 1 aliphatic heterocycles. The molecule has 0 saturated carbocycles. The second-order valence-electron chi connectivity index (χ2n) is 5.49. The smallest absolute Gasteiger partial charge is 0.187 e. The molecule has 0 bridgehead atoms. The molecule has 0 fully saturated rings. The number of nitrogens with one attached hydrogen (secondary N) is 3. The Balaban J connectivity index is 1.68. The van der Waals surface area contributed by atoms with Crippen LogP contribution in [0, 0.1) is 0 Å². The van der Waals surface area contributed by atoms with E-state index in [4.69, 9.17) is 17.0 Å². The molecule has 130 valence electrons. The fraction of sp³-hybridized carbons (Fsp3) is 0.222. The van der Waals surface area contributed by atoms with Crippen LogP contribution in [0.25, 0.3) is 0 Å². The van der Waals surface area contributed by atoms with Gasteiger partial charge in [0.05, 0.1) is 23.7 Å². The zero-order valence-electron chi connectivity index (χ0n) is 14.1. The minimum absolute atomic E-state index is 0.483. The highest BCUT2D eigenvalue weighted by Crippen LogP contribution is 2.44. The molecule has 0 unspecified atom stereocenters. The standard InChI is InChI=1S/C18H20N4OS2/c1-12(21-22-18(24)19-9-10-23-2)13-7-8-17-15(11-13)20-14-5-3-4-6-16(14)25-17/h3-8,11,20H,9-10H2,1-2H3,(H2,19,22,24)/b21-12+. The summed E-state index contributed by atoms with van der Waals surface area (Å²) in [4.78, 5) is 2.45. The highest BCUT2D eigenvalue weighted by atomic mass is 32.2. The summed E-state index contributed by atoms with van der Waals surface area (Å²) in [6.45, 7) is 3.20. The third-order valence-corrected chi connectivity index (χ3v) is 5.08. The van der Waals surface area contributed by atoms with Gasteiger partial charge in [-0.25, -0.2) is 0 Å². The summed E-state index contributed by atoms with van der Waals surface area (Å²) < 4.78 is 4.97. The number of benzene rings is 2. The van der Waals surface area contributed by atoms with Gasteiger partial charge in [0, 0.05) is 23.4 Å². The van der Waals surface area contributed by atoms with E-state index in [1.54, 1.807) is 18.9 Å². The fourth-order valence-electron chi connectivity index (χ4n) is 2.37. The van der Waals surface area contributed by atoms with E-state index in [0.29, 0.717) is 18.3 Å². The molecule has 3 N–H and O–H groups in total. The Kier molecular flexibility index (Phi) is 5.91. The van der Waals surface area contributed by atoms with Crippen molar-refractivity contribution >= 4 is 46.2 Å². The molecule has 0 aliphatic carbocycles.